The molecule has 21 heavy (non-hydrogen) atoms. The van der Waals surface area contributed by atoms with E-state index in [2.05, 4.69) is 15.5 Å². The van der Waals surface area contributed by atoms with Gasteiger partial charge in [0, 0.05) is 24.8 Å². The van der Waals surface area contributed by atoms with Crippen molar-refractivity contribution in [2.24, 2.45) is 5.10 Å². The minimum Gasteiger partial charge on any atom is -0.302 e. The minimum absolute atomic E-state index is 0.0416. The SMILES string of the molecule is O=[N+]([O-])c1ccc(C2=NNC(c3ccc(Cl)nc3)C2)cc1. The lowest BCUT2D eigenvalue weighted by Gasteiger charge is -2.09. The average Bonchev–Trinajstić information content (AvgIpc) is 2.98. The van der Waals surface area contributed by atoms with Crippen molar-refractivity contribution in [2.75, 3.05) is 0 Å². The second kappa shape index (κ2) is 5.49. The summed E-state index contributed by atoms with van der Waals surface area (Å²) in [6.45, 7) is 0. The van der Waals surface area contributed by atoms with Crippen LogP contribution in [-0.2, 0) is 0 Å². The number of rotatable bonds is 3. The molecule has 7 heteroatoms. The van der Waals surface area contributed by atoms with Crippen LogP contribution < -0.4 is 5.43 Å². The number of nitrogens with one attached hydrogen (secondary N) is 1. The van der Waals surface area contributed by atoms with Crippen LogP contribution in [0, 0.1) is 10.1 Å². The predicted molar refractivity (Wildman–Crippen MR) is 79.4 cm³/mol. The molecule has 1 aliphatic rings. The van der Waals surface area contributed by atoms with Crippen LogP contribution >= 0.6 is 11.6 Å². The Morgan fingerprint density at radius 3 is 2.62 bits per heavy atom. The van der Waals surface area contributed by atoms with Crippen LogP contribution in [0.1, 0.15) is 23.6 Å². The van der Waals surface area contributed by atoms with Crippen LogP contribution in [0.4, 0.5) is 5.69 Å². The van der Waals surface area contributed by atoms with E-state index in [0.717, 1.165) is 16.8 Å². The van der Waals surface area contributed by atoms with Crippen LogP contribution in [0.15, 0.2) is 47.7 Å². The van der Waals surface area contributed by atoms with Gasteiger partial charge in [-0.3, -0.25) is 10.1 Å². The molecule has 0 saturated heterocycles. The monoisotopic (exact) mass is 302 g/mol. The minimum atomic E-state index is -0.416. The number of benzene rings is 1. The zero-order chi connectivity index (χ0) is 14.8. The second-order valence-corrected chi connectivity index (χ2v) is 5.05. The van der Waals surface area contributed by atoms with Crippen LogP contribution in [0.25, 0.3) is 0 Å². The van der Waals surface area contributed by atoms with E-state index in [-0.39, 0.29) is 11.7 Å². The van der Waals surface area contributed by atoms with Gasteiger partial charge in [-0.25, -0.2) is 4.98 Å². The first-order valence-electron chi connectivity index (χ1n) is 6.32. The second-order valence-electron chi connectivity index (χ2n) is 4.66. The summed E-state index contributed by atoms with van der Waals surface area (Å²) in [5, 5.41) is 15.4. The highest BCUT2D eigenvalue weighted by Crippen LogP contribution is 2.25. The zero-order valence-corrected chi connectivity index (χ0v) is 11.6. The van der Waals surface area contributed by atoms with Gasteiger partial charge in [0.25, 0.3) is 5.69 Å². The highest BCUT2D eigenvalue weighted by atomic mass is 35.5. The highest BCUT2D eigenvalue weighted by Gasteiger charge is 2.21. The first-order chi connectivity index (χ1) is 10.1. The van der Waals surface area contributed by atoms with Crippen molar-refractivity contribution in [3.63, 3.8) is 0 Å². The van der Waals surface area contributed by atoms with E-state index in [1.54, 1.807) is 24.4 Å². The van der Waals surface area contributed by atoms with Gasteiger partial charge in [-0.05, 0) is 29.3 Å². The van der Waals surface area contributed by atoms with Crippen molar-refractivity contribution >= 4 is 23.0 Å². The third-order valence-corrected chi connectivity index (χ3v) is 3.54. The van der Waals surface area contributed by atoms with E-state index < -0.39 is 4.92 Å². The molecule has 0 bridgehead atoms. The normalized spacial score (nSPS) is 17.2. The Kier molecular flexibility index (Phi) is 3.53. The fraction of sp³-hybridized carbons (Fsp3) is 0.143. The molecule has 0 saturated carbocycles. The van der Waals surface area contributed by atoms with Gasteiger partial charge in [0.05, 0.1) is 16.7 Å². The number of halogens is 1. The van der Waals surface area contributed by atoms with Crippen molar-refractivity contribution in [2.45, 2.75) is 12.5 Å². The smallest absolute Gasteiger partial charge is 0.269 e. The van der Waals surface area contributed by atoms with Crippen molar-refractivity contribution in [3.8, 4) is 0 Å². The Labute approximate surface area is 125 Å². The van der Waals surface area contributed by atoms with Crippen molar-refractivity contribution in [3.05, 3.63) is 69.0 Å². The molecule has 1 N–H and O–H groups in total. The quantitative estimate of drug-likeness (QED) is 0.537. The number of non-ortho nitro benzene ring substituents is 1. The molecule has 0 fully saturated rings. The summed E-state index contributed by atoms with van der Waals surface area (Å²) in [6.07, 6.45) is 2.41. The molecule has 1 atom stereocenters. The van der Waals surface area contributed by atoms with Crippen LogP contribution in [-0.4, -0.2) is 15.6 Å². The third kappa shape index (κ3) is 2.85. The topological polar surface area (TPSA) is 80.4 Å². The van der Waals surface area contributed by atoms with Gasteiger partial charge in [-0.15, -0.1) is 0 Å². The third-order valence-electron chi connectivity index (χ3n) is 3.32. The van der Waals surface area contributed by atoms with E-state index in [1.807, 2.05) is 6.07 Å². The predicted octanol–water partition coefficient (Wildman–Crippen LogP) is 3.08. The molecule has 2 aromatic rings. The molecule has 2 heterocycles. The van der Waals surface area contributed by atoms with Gasteiger partial charge in [0.15, 0.2) is 0 Å². The number of nitrogens with zero attached hydrogens (tertiary/aromatic N) is 3. The molecule has 106 valence electrons. The Bertz CT molecular complexity index is 698. The summed E-state index contributed by atoms with van der Waals surface area (Å²) in [4.78, 5) is 14.3. The number of nitro benzene ring substituents is 1. The van der Waals surface area contributed by atoms with E-state index in [4.69, 9.17) is 11.6 Å². The number of pyridine rings is 1. The maximum atomic E-state index is 10.6. The number of nitro groups is 1. The summed E-state index contributed by atoms with van der Waals surface area (Å²) in [5.74, 6) is 0. The first-order valence-corrected chi connectivity index (χ1v) is 6.69. The number of hydrogen-bond acceptors (Lipinski definition) is 5. The summed E-state index contributed by atoms with van der Waals surface area (Å²) in [7, 11) is 0. The molecule has 1 aromatic carbocycles. The Morgan fingerprint density at radius 2 is 2.00 bits per heavy atom. The maximum Gasteiger partial charge on any atom is 0.269 e. The summed E-state index contributed by atoms with van der Waals surface area (Å²) in [5.41, 5.74) is 5.86. The molecule has 1 aliphatic heterocycles. The molecule has 1 unspecified atom stereocenters. The largest absolute Gasteiger partial charge is 0.302 e. The lowest BCUT2D eigenvalue weighted by atomic mass is 10.0. The fourth-order valence-corrected chi connectivity index (χ4v) is 2.30. The van der Waals surface area contributed by atoms with E-state index in [0.29, 0.717) is 11.6 Å². The van der Waals surface area contributed by atoms with Crippen LogP contribution in [0.5, 0.6) is 0 Å². The van der Waals surface area contributed by atoms with Gasteiger partial charge < -0.3 is 5.43 Å². The first kappa shape index (κ1) is 13.5. The number of aromatic nitrogens is 1. The van der Waals surface area contributed by atoms with E-state index in [1.165, 1.54) is 12.1 Å². The van der Waals surface area contributed by atoms with Gasteiger partial charge in [-0.2, -0.15) is 5.10 Å². The molecular weight excluding hydrogens is 292 g/mol. The van der Waals surface area contributed by atoms with Gasteiger partial charge >= 0.3 is 0 Å². The maximum absolute atomic E-state index is 10.6. The van der Waals surface area contributed by atoms with Crippen LogP contribution in [0.2, 0.25) is 5.15 Å². The molecule has 3 rings (SSSR count). The molecule has 0 aliphatic carbocycles. The van der Waals surface area contributed by atoms with E-state index >= 15 is 0 Å². The standard InChI is InChI=1S/C14H11ClN4O2/c15-14-6-3-10(8-16-14)13-7-12(17-18-13)9-1-4-11(5-2-9)19(20)21/h1-6,8,13,18H,7H2. The van der Waals surface area contributed by atoms with Gasteiger partial charge in [0.1, 0.15) is 5.15 Å². The number of hydrazone groups is 1. The molecule has 0 amide bonds. The molecule has 0 radical (unpaired) electrons. The molecular formula is C14H11ClN4O2. The summed E-state index contributed by atoms with van der Waals surface area (Å²) >= 11 is 5.77. The van der Waals surface area contributed by atoms with Gasteiger partial charge in [0.2, 0.25) is 0 Å². The number of hydrogen-bond donors (Lipinski definition) is 1. The van der Waals surface area contributed by atoms with Crippen molar-refractivity contribution < 1.29 is 4.92 Å². The average molecular weight is 303 g/mol. The van der Waals surface area contributed by atoms with Crippen LogP contribution in [0.3, 0.4) is 0 Å². The van der Waals surface area contributed by atoms with Crippen molar-refractivity contribution in [1.82, 2.24) is 10.4 Å². The lowest BCUT2D eigenvalue weighted by molar-refractivity contribution is -0.384. The molecule has 0 spiro atoms. The molecule has 6 nitrogen and oxygen atoms in total. The highest BCUT2D eigenvalue weighted by molar-refractivity contribution is 6.29. The van der Waals surface area contributed by atoms with E-state index in [9.17, 15) is 10.1 Å². The zero-order valence-electron chi connectivity index (χ0n) is 10.9. The Balaban J connectivity index is 1.74. The van der Waals surface area contributed by atoms with Crippen molar-refractivity contribution in [1.29, 1.82) is 0 Å². The summed E-state index contributed by atoms with van der Waals surface area (Å²) < 4.78 is 0. The Hall–Kier alpha value is -2.47. The fourth-order valence-electron chi connectivity index (χ4n) is 2.18. The summed E-state index contributed by atoms with van der Waals surface area (Å²) in [6, 6.07) is 10.1. The Morgan fingerprint density at radius 1 is 1.24 bits per heavy atom. The van der Waals surface area contributed by atoms with Gasteiger partial charge in [-0.1, -0.05) is 17.7 Å². The lowest BCUT2D eigenvalue weighted by Crippen LogP contribution is -2.10. The molecule has 1 aromatic heterocycles.